The number of carbonyl (C=O) groups excluding carboxylic acids is 2. The van der Waals surface area contributed by atoms with Gasteiger partial charge in [-0.05, 0) is 69.7 Å². The van der Waals surface area contributed by atoms with Gasteiger partial charge in [-0.1, -0.05) is 48.0 Å². The molecule has 0 aliphatic rings. The Balaban J connectivity index is 2.01. The first-order valence-electron chi connectivity index (χ1n) is 12.0. The fourth-order valence-corrected chi connectivity index (χ4v) is 5.16. The Bertz CT molecular complexity index is 1310. The Kier molecular flexibility index (Phi) is 9.04. The van der Waals surface area contributed by atoms with Gasteiger partial charge in [-0.15, -0.1) is 0 Å². The third-order valence-electron chi connectivity index (χ3n) is 5.80. The van der Waals surface area contributed by atoms with Gasteiger partial charge in [-0.2, -0.15) is 0 Å². The summed E-state index contributed by atoms with van der Waals surface area (Å²) in [5, 5.41) is 2.82. The van der Waals surface area contributed by atoms with Crippen molar-refractivity contribution in [1.82, 2.24) is 10.2 Å². The molecule has 0 radical (unpaired) electrons. The molecule has 0 aliphatic heterocycles. The van der Waals surface area contributed by atoms with E-state index in [1.807, 2.05) is 51.1 Å². The lowest BCUT2D eigenvalue weighted by Gasteiger charge is -2.32. The van der Waals surface area contributed by atoms with Gasteiger partial charge < -0.3 is 10.2 Å². The number of rotatable bonds is 10. The fraction of sp³-hybridized carbons (Fsp3) is 0.286. The van der Waals surface area contributed by atoms with E-state index in [0.717, 1.165) is 39.7 Å². The molecule has 3 aromatic rings. The van der Waals surface area contributed by atoms with Gasteiger partial charge in [0.1, 0.15) is 18.4 Å². The van der Waals surface area contributed by atoms with E-state index in [-0.39, 0.29) is 29.1 Å². The fourth-order valence-electron chi connectivity index (χ4n) is 3.74. The van der Waals surface area contributed by atoms with Crippen LogP contribution in [-0.2, 0) is 26.2 Å². The number of hydrogen-bond acceptors (Lipinski definition) is 4. The molecule has 2 amide bonds. The zero-order valence-corrected chi connectivity index (χ0v) is 22.2. The zero-order chi connectivity index (χ0) is 27.2. The van der Waals surface area contributed by atoms with E-state index >= 15 is 0 Å². The summed E-state index contributed by atoms with van der Waals surface area (Å²) < 4.78 is 41.8. The van der Waals surface area contributed by atoms with Crippen molar-refractivity contribution >= 4 is 27.5 Å². The van der Waals surface area contributed by atoms with Crippen LogP contribution in [0.25, 0.3) is 0 Å². The molecule has 0 saturated heterocycles. The van der Waals surface area contributed by atoms with Crippen molar-refractivity contribution in [2.24, 2.45) is 0 Å². The number of hydrogen-bond donors (Lipinski definition) is 1. The first-order valence-corrected chi connectivity index (χ1v) is 13.4. The van der Waals surface area contributed by atoms with Gasteiger partial charge in [0.2, 0.25) is 11.8 Å². The molecular weight excluding hydrogens is 493 g/mol. The highest BCUT2D eigenvalue weighted by Gasteiger charge is 2.32. The number of aryl methyl sites for hydroxylation is 1. The molecule has 0 unspecified atom stereocenters. The third-order valence-corrected chi connectivity index (χ3v) is 7.58. The second-order valence-corrected chi connectivity index (χ2v) is 11.0. The Morgan fingerprint density at radius 2 is 1.49 bits per heavy atom. The van der Waals surface area contributed by atoms with Crippen LogP contribution in [0.5, 0.6) is 0 Å². The lowest BCUT2D eigenvalue weighted by Crippen LogP contribution is -2.52. The van der Waals surface area contributed by atoms with Crippen molar-refractivity contribution in [3.63, 3.8) is 0 Å². The number of nitrogens with one attached hydrogen (secondary N) is 1. The van der Waals surface area contributed by atoms with E-state index < -0.39 is 34.3 Å². The van der Waals surface area contributed by atoms with Gasteiger partial charge in [-0.25, -0.2) is 12.8 Å². The highest BCUT2D eigenvalue weighted by Crippen LogP contribution is 2.25. The number of sulfonamides is 1. The summed E-state index contributed by atoms with van der Waals surface area (Å²) in [5.74, 6) is -1.47. The van der Waals surface area contributed by atoms with E-state index in [4.69, 9.17) is 0 Å². The topological polar surface area (TPSA) is 86.8 Å². The van der Waals surface area contributed by atoms with Crippen molar-refractivity contribution < 1.29 is 22.4 Å². The van der Waals surface area contributed by atoms with Crippen LogP contribution in [-0.4, -0.2) is 43.8 Å². The van der Waals surface area contributed by atoms with Crippen LogP contribution in [0.4, 0.5) is 10.1 Å². The average molecular weight is 526 g/mol. The summed E-state index contributed by atoms with van der Waals surface area (Å²) in [4.78, 5) is 27.8. The molecule has 7 nitrogen and oxygen atoms in total. The number of halogens is 1. The Morgan fingerprint density at radius 1 is 0.892 bits per heavy atom. The number of anilines is 1. The molecule has 0 aliphatic carbocycles. The lowest BCUT2D eigenvalue weighted by molar-refractivity contribution is -0.139. The molecule has 0 aromatic heterocycles. The van der Waals surface area contributed by atoms with Gasteiger partial charge in [0, 0.05) is 12.6 Å². The zero-order valence-electron chi connectivity index (χ0n) is 21.4. The van der Waals surface area contributed by atoms with E-state index in [0.29, 0.717) is 0 Å². The maximum Gasteiger partial charge on any atom is 0.264 e. The minimum absolute atomic E-state index is 0.116. The van der Waals surface area contributed by atoms with Crippen molar-refractivity contribution in [3.05, 3.63) is 95.8 Å². The molecule has 1 N–H and O–H groups in total. The molecule has 3 aromatic carbocycles. The van der Waals surface area contributed by atoms with Crippen LogP contribution in [0.3, 0.4) is 0 Å². The van der Waals surface area contributed by atoms with E-state index in [2.05, 4.69) is 5.32 Å². The predicted molar refractivity (Wildman–Crippen MR) is 142 cm³/mol. The predicted octanol–water partition coefficient (Wildman–Crippen LogP) is 4.27. The quantitative estimate of drug-likeness (QED) is 0.428. The lowest BCUT2D eigenvalue weighted by atomic mass is 10.1. The van der Waals surface area contributed by atoms with Gasteiger partial charge in [0.05, 0.1) is 10.6 Å². The molecule has 0 bridgehead atoms. The summed E-state index contributed by atoms with van der Waals surface area (Å²) in [6, 6.07) is 19.3. The van der Waals surface area contributed by atoms with Gasteiger partial charge >= 0.3 is 0 Å². The summed E-state index contributed by atoms with van der Waals surface area (Å²) in [5.41, 5.74) is 1.99. The van der Waals surface area contributed by atoms with Gasteiger partial charge in [0.25, 0.3) is 10.0 Å². The van der Waals surface area contributed by atoms with E-state index in [1.54, 1.807) is 31.2 Å². The van der Waals surface area contributed by atoms with Crippen molar-refractivity contribution in [1.29, 1.82) is 0 Å². The summed E-state index contributed by atoms with van der Waals surface area (Å²) >= 11 is 0. The largest absolute Gasteiger partial charge is 0.352 e. The summed E-state index contributed by atoms with van der Waals surface area (Å²) in [7, 11) is -4.23. The van der Waals surface area contributed by atoms with Gasteiger partial charge in [-0.3, -0.25) is 13.9 Å². The standard InChI is InChI=1S/C28H32FN3O4S/c1-20(2)30-28(34)22(4)31(18-23-8-6-5-7-9-23)27(33)19-32(25-14-10-21(3)11-15-25)37(35,36)26-16-12-24(29)13-17-26/h5-17,20,22H,18-19H2,1-4H3,(H,30,34)/t22-/m0/s1. The maximum absolute atomic E-state index is 13.7. The molecule has 196 valence electrons. The molecule has 1 atom stereocenters. The Morgan fingerprint density at radius 3 is 2.05 bits per heavy atom. The molecule has 9 heteroatoms. The number of benzene rings is 3. The molecule has 0 saturated carbocycles. The minimum atomic E-state index is -4.23. The second-order valence-electron chi connectivity index (χ2n) is 9.15. The highest BCUT2D eigenvalue weighted by atomic mass is 32.2. The number of nitrogens with zero attached hydrogens (tertiary/aromatic N) is 2. The van der Waals surface area contributed by atoms with Crippen molar-refractivity contribution in [3.8, 4) is 0 Å². The molecule has 3 rings (SSSR count). The van der Waals surface area contributed by atoms with Crippen LogP contribution in [0.2, 0.25) is 0 Å². The number of carbonyl (C=O) groups is 2. The maximum atomic E-state index is 13.7. The molecule has 0 fully saturated rings. The minimum Gasteiger partial charge on any atom is -0.352 e. The van der Waals surface area contributed by atoms with Crippen molar-refractivity contribution in [2.75, 3.05) is 10.8 Å². The highest BCUT2D eigenvalue weighted by molar-refractivity contribution is 7.92. The van der Waals surface area contributed by atoms with Gasteiger partial charge in [0.15, 0.2) is 0 Å². The smallest absolute Gasteiger partial charge is 0.264 e. The Hall–Kier alpha value is -3.72. The van der Waals surface area contributed by atoms with Crippen LogP contribution in [0, 0.1) is 12.7 Å². The monoisotopic (exact) mass is 525 g/mol. The molecule has 0 spiro atoms. The molecule has 0 heterocycles. The second kappa shape index (κ2) is 12.0. The summed E-state index contributed by atoms with van der Waals surface area (Å²) in [6.07, 6.45) is 0. The van der Waals surface area contributed by atoms with Crippen LogP contribution in [0.1, 0.15) is 31.9 Å². The van der Waals surface area contributed by atoms with E-state index in [9.17, 15) is 22.4 Å². The summed E-state index contributed by atoms with van der Waals surface area (Å²) in [6.45, 7) is 6.69. The van der Waals surface area contributed by atoms with E-state index in [1.165, 1.54) is 4.90 Å². The van der Waals surface area contributed by atoms with Crippen LogP contribution < -0.4 is 9.62 Å². The van der Waals surface area contributed by atoms with Crippen LogP contribution in [0.15, 0.2) is 83.8 Å². The van der Waals surface area contributed by atoms with Crippen molar-refractivity contribution in [2.45, 2.75) is 51.2 Å². The SMILES string of the molecule is Cc1ccc(N(CC(=O)N(Cc2ccccc2)[C@@H](C)C(=O)NC(C)C)S(=O)(=O)c2ccc(F)cc2)cc1. The van der Waals surface area contributed by atoms with Crippen LogP contribution >= 0.6 is 0 Å². The first-order chi connectivity index (χ1) is 17.5. The molecule has 37 heavy (non-hydrogen) atoms. The number of amides is 2. The first kappa shape index (κ1) is 27.9. The normalized spacial score (nSPS) is 12.2. The average Bonchev–Trinajstić information content (AvgIpc) is 2.86. The third kappa shape index (κ3) is 7.16. The molecular formula is C28H32FN3O4S. The Labute approximate surface area is 218 Å².